The van der Waals surface area contributed by atoms with Gasteiger partial charge in [0.25, 0.3) is 0 Å². The van der Waals surface area contributed by atoms with Gasteiger partial charge in [-0.15, -0.1) is 0 Å². The summed E-state index contributed by atoms with van der Waals surface area (Å²) in [6.07, 6.45) is 8.76. The molecule has 1 atom stereocenters. The molecule has 1 fully saturated rings. The third-order valence-electron chi connectivity index (χ3n) is 4.53. The van der Waals surface area contributed by atoms with Gasteiger partial charge in [-0.2, -0.15) is 0 Å². The van der Waals surface area contributed by atoms with Gasteiger partial charge in [0, 0.05) is 0 Å². The minimum absolute atomic E-state index is 0.688. The molecule has 0 aromatic carbocycles. The Kier molecular flexibility index (Phi) is 3.82. The Morgan fingerprint density at radius 2 is 1.54 bits per heavy atom. The van der Waals surface area contributed by atoms with Gasteiger partial charge in [0.15, 0.2) is 0 Å². The summed E-state index contributed by atoms with van der Waals surface area (Å²) in [5, 5.41) is 0. The van der Waals surface area contributed by atoms with Crippen molar-refractivity contribution in [2.24, 2.45) is 17.3 Å². The summed E-state index contributed by atoms with van der Waals surface area (Å²) in [6.45, 7) is 9.67. The van der Waals surface area contributed by atoms with Gasteiger partial charge in [-0.3, -0.25) is 0 Å². The van der Waals surface area contributed by atoms with Gasteiger partial charge in [-0.1, -0.05) is 53.4 Å². The first-order valence-electron chi connectivity index (χ1n) is 6.13. The lowest BCUT2D eigenvalue weighted by atomic mass is 9.60. The summed E-state index contributed by atoms with van der Waals surface area (Å²) in [5.74, 6) is 1.80. The monoisotopic (exact) mass is 182 g/mol. The molecule has 1 unspecified atom stereocenters. The standard InChI is InChI=1S/C13H26/c1-5-12(4)13(11(2)3)9-7-6-8-10-13/h11-12H,5-10H2,1-4H3. The molecule has 0 radical (unpaired) electrons. The fraction of sp³-hybridized carbons (Fsp3) is 1.00. The highest BCUT2D eigenvalue weighted by atomic mass is 14.4. The van der Waals surface area contributed by atoms with Crippen molar-refractivity contribution in [3.63, 3.8) is 0 Å². The number of rotatable bonds is 3. The normalized spacial score (nSPS) is 24.7. The van der Waals surface area contributed by atoms with E-state index in [2.05, 4.69) is 27.7 Å². The lowest BCUT2D eigenvalue weighted by Crippen LogP contribution is -2.36. The molecule has 0 aliphatic heterocycles. The summed E-state index contributed by atoms with van der Waals surface area (Å²) in [5.41, 5.74) is 0.688. The Bertz CT molecular complexity index is 140. The van der Waals surface area contributed by atoms with E-state index in [0.717, 1.165) is 11.8 Å². The highest BCUT2D eigenvalue weighted by molar-refractivity contribution is 4.89. The summed E-state index contributed by atoms with van der Waals surface area (Å²) in [7, 11) is 0. The number of hydrogen-bond donors (Lipinski definition) is 0. The van der Waals surface area contributed by atoms with Crippen LogP contribution in [0.5, 0.6) is 0 Å². The second kappa shape index (κ2) is 4.48. The van der Waals surface area contributed by atoms with E-state index in [1.807, 2.05) is 0 Å². The van der Waals surface area contributed by atoms with Crippen molar-refractivity contribution in [1.29, 1.82) is 0 Å². The van der Waals surface area contributed by atoms with Crippen molar-refractivity contribution in [1.82, 2.24) is 0 Å². The van der Waals surface area contributed by atoms with Crippen LogP contribution >= 0.6 is 0 Å². The fourth-order valence-corrected chi connectivity index (χ4v) is 3.26. The maximum absolute atomic E-state index is 2.46. The maximum Gasteiger partial charge on any atom is -0.0249 e. The van der Waals surface area contributed by atoms with Crippen LogP contribution in [-0.4, -0.2) is 0 Å². The zero-order valence-electron chi connectivity index (χ0n) is 9.90. The van der Waals surface area contributed by atoms with Crippen LogP contribution in [0.25, 0.3) is 0 Å². The van der Waals surface area contributed by atoms with E-state index in [4.69, 9.17) is 0 Å². The van der Waals surface area contributed by atoms with Crippen molar-refractivity contribution in [3.05, 3.63) is 0 Å². The van der Waals surface area contributed by atoms with Crippen LogP contribution in [0.1, 0.15) is 66.2 Å². The van der Waals surface area contributed by atoms with E-state index in [-0.39, 0.29) is 0 Å². The Morgan fingerprint density at radius 3 is 1.92 bits per heavy atom. The molecular formula is C13H26. The Morgan fingerprint density at radius 1 is 1.00 bits per heavy atom. The minimum Gasteiger partial charge on any atom is -0.0651 e. The molecular weight excluding hydrogens is 156 g/mol. The van der Waals surface area contributed by atoms with Crippen molar-refractivity contribution in [2.75, 3.05) is 0 Å². The zero-order valence-corrected chi connectivity index (χ0v) is 9.90. The van der Waals surface area contributed by atoms with Crippen LogP contribution in [0.2, 0.25) is 0 Å². The van der Waals surface area contributed by atoms with Crippen LogP contribution in [0.4, 0.5) is 0 Å². The first-order valence-corrected chi connectivity index (χ1v) is 6.13. The lowest BCUT2D eigenvalue weighted by Gasteiger charge is -2.45. The van der Waals surface area contributed by atoms with Gasteiger partial charge >= 0.3 is 0 Å². The third kappa shape index (κ3) is 2.08. The van der Waals surface area contributed by atoms with Crippen LogP contribution in [0.15, 0.2) is 0 Å². The van der Waals surface area contributed by atoms with Crippen molar-refractivity contribution in [2.45, 2.75) is 66.2 Å². The van der Waals surface area contributed by atoms with E-state index in [1.165, 1.54) is 38.5 Å². The van der Waals surface area contributed by atoms with Gasteiger partial charge in [0.1, 0.15) is 0 Å². The van der Waals surface area contributed by atoms with Crippen LogP contribution < -0.4 is 0 Å². The van der Waals surface area contributed by atoms with E-state index in [1.54, 1.807) is 0 Å². The Hall–Kier alpha value is 0. The molecule has 0 nitrogen and oxygen atoms in total. The van der Waals surface area contributed by atoms with Gasteiger partial charge in [0.2, 0.25) is 0 Å². The Labute approximate surface area is 84.1 Å². The molecule has 1 aliphatic rings. The highest BCUT2D eigenvalue weighted by Gasteiger charge is 2.38. The maximum atomic E-state index is 2.46. The quantitative estimate of drug-likeness (QED) is 0.596. The molecule has 1 aliphatic carbocycles. The van der Waals surface area contributed by atoms with Crippen LogP contribution in [-0.2, 0) is 0 Å². The Balaban J connectivity index is 2.72. The second-order valence-electron chi connectivity index (χ2n) is 5.26. The molecule has 0 heterocycles. The summed E-state index contributed by atoms with van der Waals surface area (Å²) in [4.78, 5) is 0. The van der Waals surface area contributed by atoms with Gasteiger partial charge in [-0.25, -0.2) is 0 Å². The summed E-state index contributed by atoms with van der Waals surface area (Å²) in [6, 6.07) is 0. The first kappa shape index (κ1) is 11.1. The molecule has 1 rings (SSSR count). The smallest absolute Gasteiger partial charge is 0.0249 e. The van der Waals surface area contributed by atoms with E-state index in [0.29, 0.717) is 5.41 Å². The van der Waals surface area contributed by atoms with E-state index >= 15 is 0 Å². The minimum atomic E-state index is 0.688. The zero-order chi connectivity index (χ0) is 9.90. The van der Waals surface area contributed by atoms with Crippen LogP contribution in [0, 0.1) is 17.3 Å². The van der Waals surface area contributed by atoms with Crippen LogP contribution in [0.3, 0.4) is 0 Å². The topological polar surface area (TPSA) is 0 Å². The van der Waals surface area contributed by atoms with Crippen molar-refractivity contribution in [3.8, 4) is 0 Å². The molecule has 78 valence electrons. The fourth-order valence-electron chi connectivity index (χ4n) is 3.26. The summed E-state index contributed by atoms with van der Waals surface area (Å²) >= 11 is 0. The molecule has 0 amide bonds. The third-order valence-corrected chi connectivity index (χ3v) is 4.53. The molecule has 0 aromatic rings. The summed E-state index contributed by atoms with van der Waals surface area (Å²) < 4.78 is 0. The SMILES string of the molecule is CCC(C)C1(C(C)C)CCCCC1. The lowest BCUT2D eigenvalue weighted by molar-refractivity contribution is 0.0471. The molecule has 0 aromatic heterocycles. The molecule has 0 bridgehead atoms. The molecule has 1 saturated carbocycles. The molecule has 0 N–H and O–H groups in total. The van der Waals surface area contributed by atoms with Crippen molar-refractivity contribution < 1.29 is 0 Å². The van der Waals surface area contributed by atoms with Gasteiger partial charge < -0.3 is 0 Å². The largest absolute Gasteiger partial charge is 0.0651 e. The van der Waals surface area contributed by atoms with Crippen molar-refractivity contribution >= 4 is 0 Å². The number of hydrogen-bond acceptors (Lipinski definition) is 0. The van der Waals surface area contributed by atoms with E-state index in [9.17, 15) is 0 Å². The molecule has 0 saturated heterocycles. The predicted molar refractivity (Wildman–Crippen MR) is 59.8 cm³/mol. The average Bonchev–Trinajstić information content (AvgIpc) is 2.17. The second-order valence-corrected chi connectivity index (χ2v) is 5.26. The first-order chi connectivity index (χ1) is 6.13. The molecule has 0 spiro atoms. The van der Waals surface area contributed by atoms with Gasteiger partial charge in [0.05, 0.1) is 0 Å². The van der Waals surface area contributed by atoms with E-state index < -0.39 is 0 Å². The molecule has 13 heavy (non-hydrogen) atoms. The molecule has 0 heteroatoms. The van der Waals surface area contributed by atoms with Gasteiger partial charge in [-0.05, 0) is 30.1 Å². The average molecular weight is 182 g/mol. The predicted octanol–water partition coefficient (Wildman–Crippen LogP) is 4.64. The highest BCUT2D eigenvalue weighted by Crippen LogP contribution is 2.49.